The van der Waals surface area contributed by atoms with Crippen molar-refractivity contribution in [2.45, 2.75) is 19.8 Å². The second kappa shape index (κ2) is 4.31. The molecule has 0 aromatic carbocycles. The van der Waals surface area contributed by atoms with Gasteiger partial charge in [-0.1, -0.05) is 17.7 Å². The normalized spacial score (nSPS) is 20.8. The van der Waals surface area contributed by atoms with Crippen LogP contribution in [0.25, 0.3) is 0 Å². The van der Waals surface area contributed by atoms with Crippen LogP contribution < -0.4 is 10.6 Å². The summed E-state index contributed by atoms with van der Waals surface area (Å²) in [6.45, 7) is 4.94. The molecule has 76 valence electrons. The summed E-state index contributed by atoms with van der Waals surface area (Å²) in [6, 6.07) is 0. The van der Waals surface area contributed by atoms with Gasteiger partial charge in [0.1, 0.15) is 0 Å². The largest absolute Gasteiger partial charge is 0.355 e. The SMILES string of the molecule is CC1=CCCC=C1CNC1=NCCN1. The van der Waals surface area contributed by atoms with Crippen molar-refractivity contribution in [3.05, 3.63) is 23.3 Å². The summed E-state index contributed by atoms with van der Waals surface area (Å²) < 4.78 is 0. The van der Waals surface area contributed by atoms with E-state index in [0.29, 0.717) is 0 Å². The molecule has 0 unspecified atom stereocenters. The van der Waals surface area contributed by atoms with E-state index in [9.17, 15) is 0 Å². The van der Waals surface area contributed by atoms with E-state index >= 15 is 0 Å². The standard InChI is InChI=1S/C11H17N3/c1-9-4-2-3-5-10(9)8-14-11-12-6-7-13-11/h4-5H,2-3,6-8H2,1H3,(H2,12,13,14). The number of hydrogen-bond donors (Lipinski definition) is 2. The highest BCUT2D eigenvalue weighted by molar-refractivity contribution is 5.81. The first-order chi connectivity index (χ1) is 6.86. The van der Waals surface area contributed by atoms with Gasteiger partial charge >= 0.3 is 0 Å². The Morgan fingerprint density at radius 2 is 2.29 bits per heavy atom. The monoisotopic (exact) mass is 191 g/mol. The second-order valence-corrected chi connectivity index (χ2v) is 3.70. The zero-order valence-corrected chi connectivity index (χ0v) is 8.64. The van der Waals surface area contributed by atoms with E-state index < -0.39 is 0 Å². The third-order valence-electron chi connectivity index (χ3n) is 2.63. The molecular formula is C11H17N3. The highest BCUT2D eigenvalue weighted by atomic mass is 15.2. The van der Waals surface area contributed by atoms with Crippen LogP contribution in [0.1, 0.15) is 19.8 Å². The van der Waals surface area contributed by atoms with Crippen LogP contribution in [-0.2, 0) is 0 Å². The lowest BCUT2D eigenvalue weighted by Gasteiger charge is -2.14. The van der Waals surface area contributed by atoms with E-state index in [2.05, 4.69) is 34.7 Å². The molecule has 1 heterocycles. The first-order valence-electron chi connectivity index (χ1n) is 5.24. The van der Waals surface area contributed by atoms with Gasteiger partial charge in [0, 0.05) is 13.1 Å². The predicted octanol–water partition coefficient (Wildman–Crippen LogP) is 1.20. The fourth-order valence-electron chi connectivity index (χ4n) is 1.76. The van der Waals surface area contributed by atoms with E-state index in [-0.39, 0.29) is 0 Å². The average molecular weight is 191 g/mol. The molecule has 0 aromatic rings. The van der Waals surface area contributed by atoms with Gasteiger partial charge in [0.05, 0.1) is 6.54 Å². The lowest BCUT2D eigenvalue weighted by atomic mass is 9.99. The molecule has 2 aliphatic rings. The first-order valence-corrected chi connectivity index (χ1v) is 5.24. The Labute approximate surface area is 85.0 Å². The lowest BCUT2D eigenvalue weighted by Crippen LogP contribution is -2.35. The Balaban J connectivity index is 1.85. The summed E-state index contributed by atoms with van der Waals surface area (Å²) in [5.74, 6) is 0.948. The van der Waals surface area contributed by atoms with Crippen molar-refractivity contribution in [1.29, 1.82) is 0 Å². The molecule has 14 heavy (non-hydrogen) atoms. The Morgan fingerprint density at radius 3 is 3.00 bits per heavy atom. The molecule has 3 nitrogen and oxygen atoms in total. The Morgan fingerprint density at radius 1 is 1.43 bits per heavy atom. The molecule has 0 radical (unpaired) electrons. The Hall–Kier alpha value is -1.25. The second-order valence-electron chi connectivity index (χ2n) is 3.70. The van der Waals surface area contributed by atoms with Crippen LogP contribution >= 0.6 is 0 Å². The van der Waals surface area contributed by atoms with Crippen LogP contribution in [0.5, 0.6) is 0 Å². The third kappa shape index (κ3) is 2.16. The molecule has 1 aliphatic heterocycles. The molecule has 0 saturated carbocycles. The van der Waals surface area contributed by atoms with Gasteiger partial charge in [0.25, 0.3) is 0 Å². The zero-order valence-electron chi connectivity index (χ0n) is 8.64. The molecule has 2 rings (SSSR count). The van der Waals surface area contributed by atoms with Gasteiger partial charge in [0.15, 0.2) is 5.96 Å². The number of guanidine groups is 1. The van der Waals surface area contributed by atoms with Crippen molar-refractivity contribution in [3.8, 4) is 0 Å². The fraction of sp³-hybridized carbons (Fsp3) is 0.545. The molecule has 0 saturated heterocycles. The van der Waals surface area contributed by atoms with Gasteiger partial charge in [-0.2, -0.15) is 0 Å². The van der Waals surface area contributed by atoms with Crippen LogP contribution in [-0.4, -0.2) is 25.6 Å². The third-order valence-corrected chi connectivity index (χ3v) is 2.63. The molecule has 0 aromatic heterocycles. The van der Waals surface area contributed by atoms with E-state index in [4.69, 9.17) is 0 Å². The van der Waals surface area contributed by atoms with Crippen LogP contribution in [0.4, 0.5) is 0 Å². The number of nitrogens with one attached hydrogen (secondary N) is 2. The van der Waals surface area contributed by atoms with E-state index in [1.54, 1.807) is 0 Å². The summed E-state index contributed by atoms with van der Waals surface area (Å²) in [5, 5.41) is 6.51. The van der Waals surface area contributed by atoms with Gasteiger partial charge in [-0.05, 0) is 25.3 Å². The summed E-state index contributed by atoms with van der Waals surface area (Å²) >= 11 is 0. The van der Waals surface area contributed by atoms with E-state index in [1.807, 2.05) is 0 Å². The maximum Gasteiger partial charge on any atom is 0.191 e. The lowest BCUT2D eigenvalue weighted by molar-refractivity contribution is 0.888. The van der Waals surface area contributed by atoms with E-state index in [1.165, 1.54) is 24.0 Å². The minimum Gasteiger partial charge on any atom is -0.355 e. The van der Waals surface area contributed by atoms with Gasteiger partial charge in [-0.3, -0.25) is 4.99 Å². The first kappa shape index (κ1) is 9.31. The minimum absolute atomic E-state index is 0.897. The Bertz CT molecular complexity index is 300. The van der Waals surface area contributed by atoms with Crippen molar-refractivity contribution in [1.82, 2.24) is 10.6 Å². The van der Waals surface area contributed by atoms with Crippen LogP contribution in [0, 0.1) is 0 Å². The number of hydrogen-bond acceptors (Lipinski definition) is 3. The molecule has 0 fully saturated rings. The molecule has 0 amide bonds. The predicted molar refractivity (Wildman–Crippen MR) is 59.4 cm³/mol. The van der Waals surface area contributed by atoms with Gasteiger partial charge in [-0.25, -0.2) is 0 Å². The van der Waals surface area contributed by atoms with Gasteiger partial charge in [0.2, 0.25) is 0 Å². The molecule has 0 bridgehead atoms. The van der Waals surface area contributed by atoms with Gasteiger partial charge < -0.3 is 10.6 Å². The fourth-order valence-corrected chi connectivity index (χ4v) is 1.76. The van der Waals surface area contributed by atoms with Crippen molar-refractivity contribution in [2.24, 2.45) is 4.99 Å². The smallest absolute Gasteiger partial charge is 0.191 e. The molecule has 3 heteroatoms. The summed E-state index contributed by atoms with van der Waals surface area (Å²) in [5.41, 5.74) is 2.81. The Kier molecular flexibility index (Phi) is 2.87. The van der Waals surface area contributed by atoms with Crippen molar-refractivity contribution in [2.75, 3.05) is 19.6 Å². The quantitative estimate of drug-likeness (QED) is 0.688. The van der Waals surface area contributed by atoms with E-state index in [0.717, 1.165) is 25.6 Å². The number of rotatable bonds is 2. The number of aliphatic imine (C=N–C) groups is 1. The highest BCUT2D eigenvalue weighted by Gasteiger charge is 2.07. The maximum atomic E-state index is 4.29. The van der Waals surface area contributed by atoms with Crippen LogP contribution in [0.2, 0.25) is 0 Å². The highest BCUT2D eigenvalue weighted by Crippen LogP contribution is 2.16. The zero-order chi connectivity index (χ0) is 9.80. The van der Waals surface area contributed by atoms with Crippen molar-refractivity contribution in [3.63, 3.8) is 0 Å². The summed E-state index contributed by atoms with van der Waals surface area (Å²) in [6.07, 6.45) is 6.99. The summed E-state index contributed by atoms with van der Waals surface area (Å²) in [4.78, 5) is 4.29. The molecule has 1 aliphatic carbocycles. The van der Waals surface area contributed by atoms with Crippen molar-refractivity contribution >= 4 is 5.96 Å². The summed E-state index contributed by atoms with van der Waals surface area (Å²) in [7, 11) is 0. The minimum atomic E-state index is 0.897. The number of nitrogens with zero attached hydrogens (tertiary/aromatic N) is 1. The molecule has 0 spiro atoms. The molecular weight excluding hydrogens is 174 g/mol. The molecule has 2 N–H and O–H groups in total. The topological polar surface area (TPSA) is 36.4 Å². The van der Waals surface area contributed by atoms with Crippen molar-refractivity contribution < 1.29 is 0 Å². The van der Waals surface area contributed by atoms with Crippen LogP contribution in [0.3, 0.4) is 0 Å². The van der Waals surface area contributed by atoms with Gasteiger partial charge in [-0.15, -0.1) is 0 Å². The average Bonchev–Trinajstić information content (AvgIpc) is 2.69. The number of allylic oxidation sites excluding steroid dienone is 2. The molecule has 0 atom stereocenters. The maximum absolute atomic E-state index is 4.29. The van der Waals surface area contributed by atoms with Crippen LogP contribution in [0.15, 0.2) is 28.3 Å².